The van der Waals surface area contributed by atoms with Gasteiger partial charge in [-0.2, -0.15) is 0 Å². The molecule has 2 unspecified atom stereocenters. The summed E-state index contributed by atoms with van der Waals surface area (Å²) in [7, 11) is 0. The number of allylic oxidation sites excluding steroid dienone is 6. The number of nitrogens with one attached hydrogen (secondary N) is 1. The molecular weight excluding hydrogens is 1090 g/mol. The van der Waals surface area contributed by atoms with Crippen molar-refractivity contribution < 1.29 is 24.5 Å². The van der Waals surface area contributed by atoms with Crippen molar-refractivity contribution in [3.63, 3.8) is 0 Å². The summed E-state index contributed by atoms with van der Waals surface area (Å²) in [5, 5.41) is 23.4. The number of hydrogen-bond donors (Lipinski definition) is 3. The van der Waals surface area contributed by atoms with Crippen LogP contribution in [0.2, 0.25) is 0 Å². The van der Waals surface area contributed by atoms with Crippen LogP contribution in [0.25, 0.3) is 0 Å². The van der Waals surface area contributed by atoms with Crippen LogP contribution in [0.3, 0.4) is 0 Å². The summed E-state index contributed by atoms with van der Waals surface area (Å²) in [5.41, 5.74) is 0. The molecule has 0 saturated heterocycles. The second-order valence-corrected chi connectivity index (χ2v) is 28.1. The molecule has 0 fully saturated rings. The lowest BCUT2D eigenvalue weighted by Crippen LogP contribution is -2.45. The molecule has 0 bridgehead atoms. The molecule has 0 aromatic heterocycles. The predicted octanol–water partition coefficient (Wildman–Crippen LogP) is 27.0. The van der Waals surface area contributed by atoms with E-state index in [0.29, 0.717) is 25.9 Å². The molecule has 6 nitrogen and oxygen atoms in total. The Balaban J connectivity index is 3.32. The number of unbranched alkanes of at least 4 members (excludes halogenated alkanes) is 60. The van der Waals surface area contributed by atoms with Gasteiger partial charge in [0, 0.05) is 12.8 Å². The van der Waals surface area contributed by atoms with Gasteiger partial charge in [-0.05, 0) is 83.5 Å². The number of ether oxygens (including phenoxy) is 1. The highest BCUT2D eigenvalue weighted by Crippen LogP contribution is 2.20. The third-order valence-electron chi connectivity index (χ3n) is 19.2. The highest BCUT2D eigenvalue weighted by Gasteiger charge is 2.20. The molecule has 2 atom stereocenters. The lowest BCUT2D eigenvalue weighted by atomic mass is 10.0. The van der Waals surface area contributed by atoms with Crippen LogP contribution in [0.15, 0.2) is 36.5 Å². The molecular formula is C83H159NO5. The van der Waals surface area contributed by atoms with Crippen molar-refractivity contribution in [3.05, 3.63) is 36.5 Å². The van der Waals surface area contributed by atoms with Gasteiger partial charge in [-0.3, -0.25) is 9.59 Å². The second-order valence-electron chi connectivity index (χ2n) is 28.1. The molecule has 89 heavy (non-hydrogen) atoms. The summed E-state index contributed by atoms with van der Waals surface area (Å²) < 4.78 is 5.49. The van der Waals surface area contributed by atoms with Crippen LogP contribution in [-0.4, -0.2) is 47.4 Å². The third-order valence-corrected chi connectivity index (χ3v) is 19.2. The van der Waals surface area contributed by atoms with Crippen molar-refractivity contribution in [1.82, 2.24) is 5.32 Å². The van der Waals surface area contributed by atoms with E-state index < -0.39 is 12.1 Å². The third kappa shape index (κ3) is 75.0. The van der Waals surface area contributed by atoms with Crippen LogP contribution in [-0.2, 0) is 14.3 Å². The molecule has 0 aromatic carbocycles. The minimum absolute atomic E-state index is 0.00902. The fraction of sp³-hybridized carbons (Fsp3) is 0.904. The summed E-state index contributed by atoms with van der Waals surface area (Å²) in [5.74, 6) is -0.0172. The zero-order chi connectivity index (χ0) is 64.2. The van der Waals surface area contributed by atoms with Crippen molar-refractivity contribution in [2.45, 2.75) is 469 Å². The summed E-state index contributed by atoms with van der Waals surface area (Å²) in [6.45, 7) is 4.97. The Labute approximate surface area is 557 Å². The lowest BCUT2D eigenvalue weighted by molar-refractivity contribution is -0.143. The van der Waals surface area contributed by atoms with Crippen LogP contribution < -0.4 is 5.32 Å². The van der Waals surface area contributed by atoms with Crippen LogP contribution in [0.5, 0.6) is 0 Å². The van der Waals surface area contributed by atoms with Crippen LogP contribution in [0.1, 0.15) is 457 Å². The van der Waals surface area contributed by atoms with Crippen molar-refractivity contribution in [3.8, 4) is 0 Å². The highest BCUT2D eigenvalue weighted by molar-refractivity contribution is 5.76. The fourth-order valence-electron chi connectivity index (χ4n) is 13.0. The highest BCUT2D eigenvalue weighted by atomic mass is 16.5. The number of hydrogen-bond acceptors (Lipinski definition) is 5. The molecule has 0 spiro atoms. The smallest absolute Gasteiger partial charge is 0.305 e. The molecule has 1 amide bonds. The average Bonchev–Trinajstić information content (AvgIpc) is 3.60. The quantitative estimate of drug-likeness (QED) is 0.0320. The SMILES string of the molecule is CCCCC/C=C\C/C=C\CCCCCCCC(=O)OCCCCCCCCCCCCCCCCCCCC/C=C\CCCCCCCCCCCCCCCCCCCC(=O)NC(CO)C(O)CCCCCCCCCCCCCCCCCCCC. The monoisotopic (exact) mass is 1250 g/mol. The Hall–Kier alpha value is -1.92. The predicted molar refractivity (Wildman–Crippen MR) is 393 cm³/mol. The van der Waals surface area contributed by atoms with Crippen LogP contribution in [0, 0.1) is 0 Å². The standard InChI is InChI=1S/C83H159NO5/c1-3-5-7-9-11-13-15-17-19-20-44-48-51-55-59-63-67-71-75-81(86)80(79-85)84-82(87)76-72-68-64-60-56-52-49-45-42-40-38-36-34-32-30-28-26-24-22-21-23-25-27-29-31-33-35-37-39-41-43-46-50-54-58-62-66-70-74-78-89-83(88)77-73-69-65-61-57-53-47-18-16-14-12-10-8-6-4-2/h12,14,18,21-22,47,80-81,85-86H,3-11,13,15-17,19-20,23-46,48-79H2,1-2H3,(H,84,87)/b14-12-,22-21-,47-18-. The van der Waals surface area contributed by atoms with Gasteiger partial charge >= 0.3 is 5.97 Å². The van der Waals surface area contributed by atoms with E-state index in [0.717, 1.165) is 51.4 Å². The van der Waals surface area contributed by atoms with Gasteiger partial charge < -0.3 is 20.3 Å². The van der Waals surface area contributed by atoms with E-state index in [1.54, 1.807) is 0 Å². The van der Waals surface area contributed by atoms with E-state index in [1.165, 1.54) is 372 Å². The summed E-state index contributed by atoms with van der Waals surface area (Å²) in [6.07, 6.45) is 103. The average molecular weight is 1250 g/mol. The normalized spacial score (nSPS) is 12.6. The first kappa shape index (κ1) is 87.1. The Bertz CT molecular complexity index is 1440. The molecule has 0 aliphatic rings. The van der Waals surface area contributed by atoms with Gasteiger partial charge in [-0.25, -0.2) is 0 Å². The number of esters is 1. The Kier molecular flexibility index (Phi) is 76.8. The molecule has 0 aromatic rings. The topological polar surface area (TPSA) is 95.9 Å². The maximum Gasteiger partial charge on any atom is 0.305 e. The summed E-state index contributed by atoms with van der Waals surface area (Å²) in [4.78, 5) is 24.6. The number of carbonyl (C=O) groups excluding carboxylic acids is 2. The molecule has 0 aliphatic heterocycles. The number of carbonyl (C=O) groups is 2. The van der Waals surface area contributed by atoms with Gasteiger partial charge in [0.05, 0.1) is 25.4 Å². The molecule has 0 rings (SSSR count). The van der Waals surface area contributed by atoms with Gasteiger partial charge in [0.15, 0.2) is 0 Å². The van der Waals surface area contributed by atoms with Crippen molar-refractivity contribution >= 4 is 11.9 Å². The summed E-state index contributed by atoms with van der Waals surface area (Å²) in [6, 6.07) is -0.539. The van der Waals surface area contributed by atoms with Gasteiger partial charge in [0.2, 0.25) is 5.91 Å². The van der Waals surface area contributed by atoms with Gasteiger partial charge in [-0.15, -0.1) is 0 Å². The molecule has 0 aliphatic carbocycles. The largest absolute Gasteiger partial charge is 0.466 e. The van der Waals surface area contributed by atoms with E-state index in [9.17, 15) is 19.8 Å². The molecule has 0 radical (unpaired) electrons. The van der Waals surface area contributed by atoms with Crippen LogP contribution in [0.4, 0.5) is 0 Å². The van der Waals surface area contributed by atoms with E-state index in [1.807, 2.05) is 0 Å². The van der Waals surface area contributed by atoms with Crippen molar-refractivity contribution in [1.29, 1.82) is 0 Å². The van der Waals surface area contributed by atoms with E-state index in [2.05, 4.69) is 55.6 Å². The Morgan fingerprint density at radius 3 is 0.888 bits per heavy atom. The number of aliphatic hydroxyl groups is 2. The minimum atomic E-state index is -0.662. The van der Waals surface area contributed by atoms with E-state index in [4.69, 9.17) is 4.74 Å². The first-order valence-electron chi connectivity index (χ1n) is 40.7. The number of aliphatic hydroxyl groups excluding tert-OH is 2. The van der Waals surface area contributed by atoms with Gasteiger partial charge in [0.1, 0.15) is 0 Å². The first-order chi connectivity index (χ1) is 44.0. The molecule has 3 N–H and O–H groups in total. The van der Waals surface area contributed by atoms with E-state index >= 15 is 0 Å². The van der Waals surface area contributed by atoms with Crippen LogP contribution >= 0.6 is 0 Å². The maximum atomic E-state index is 12.6. The van der Waals surface area contributed by atoms with Gasteiger partial charge in [-0.1, -0.05) is 397 Å². The van der Waals surface area contributed by atoms with Crippen molar-refractivity contribution in [2.24, 2.45) is 0 Å². The Morgan fingerprint density at radius 2 is 0.562 bits per heavy atom. The van der Waals surface area contributed by atoms with E-state index in [-0.39, 0.29) is 18.5 Å². The minimum Gasteiger partial charge on any atom is -0.466 e. The number of rotatable bonds is 77. The molecule has 0 saturated carbocycles. The molecule has 0 heterocycles. The van der Waals surface area contributed by atoms with Gasteiger partial charge in [0.25, 0.3) is 0 Å². The summed E-state index contributed by atoms with van der Waals surface area (Å²) >= 11 is 0. The first-order valence-corrected chi connectivity index (χ1v) is 40.7. The maximum absolute atomic E-state index is 12.6. The number of amides is 1. The lowest BCUT2D eigenvalue weighted by Gasteiger charge is -2.22. The molecule has 6 heteroatoms. The molecule has 526 valence electrons. The zero-order valence-electron chi connectivity index (χ0n) is 60.4. The fourth-order valence-corrected chi connectivity index (χ4v) is 13.0. The second kappa shape index (κ2) is 78.5. The Morgan fingerprint density at radius 1 is 0.315 bits per heavy atom. The van der Waals surface area contributed by atoms with Crippen molar-refractivity contribution in [2.75, 3.05) is 13.2 Å². The zero-order valence-corrected chi connectivity index (χ0v) is 60.4.